The zero-order chi connectivity index (χ0) is 16.2. The maximum atomic E-state index is 12.5. The molecule has 0 unspecified atom stereocenters. The first-order valence-corrected chi connectivity index (χ1v) is 7.58. The van der Waals surface area contributed by atoms with Crippen molar-refractivity contribution in [3.05, 3.63) is 65.7 Å². The standard InChI is InChI=1S/C18H18N2O3/c21-17(14-6-8-15(9-7-14)18(22)23)20-12-10-19(11-13-20)16-4-2-1-3-5-16/h1-9H,10-13H2,(H,22,23). The number of carboxylic acids is 1. The molecule has 0 aromatic heterocycles. The largest absolute Gasteiger partial charge is 0.478 e. The van der Waals surface area contributed by atoms with Crippen LogP contribution in [0.3, 0.4) is 0 Å². The summed E-state index contributed by atoms with van der Waals surface area (Å²) in [5.74, 6) is -1.03. The second kappa shape index (κ2) is 6.52. The minimum atomic E-state index is -0.986. The summed E-state index contributed by atoms with van der Waals surface area (Å²) < 4.78 is 0. The lowest BCUT2D eigenvalue weighted by atomic mass is 10.1. The van der Waals surface area contributed by atoms with Gasteiger partial charge in [-0.05, 0) is 36.4 Å². The van der Waals surface area contributed by atoms with E-state index in [0.717, 1.165) is 13.1 Å². The summed E-state index contributed by atoms with van der Waals surface area (Å²) in [6, 6.07) is 16.2. The van der Waals surface area contributed by atoms with Crippen molar-refractivity contribution in [1.29, 1.82) is 0 Å². The van der Waals surface area contributed by atoms with E-state index in [1.165, 1.54) is 17.8 Å². The molecule has 1 aliphatic rings. The first-order valence-electron chi connectivity index (χ1n) is 7.58. The van der Waals surface area contributed by atoms with Gasteiger partial charge in [0.15, 0.2) is 0 Å². The van der Waals surface area contributed by atoms with E-state index in [-0.39, 0.29) is 11.5 Å². The predicted molar refractivity (Wildman–Crippen MR) is 88.0 cm³/mol. The number of hydrogen-bond acceptors (Lipinski definition) is 3. The van der Waals surface area contributed by atoms with E-state index in [4.69, 9.17) is 5.11 Å². The van der Waals surface area contributed by atoms with Gasteiger partial charge in [0.1, 0.15) is 0 Å². The predicted octanol–water partition coefficient (Wildman–Crippen LogP) is 2.35. The lowest BCUT2D eigenvalue weighted by Gasteiger charge is -2.36. The molecule has 0 radical (unpaired) electrons. The van der Waals surface area contributed by atoms with Gasteiger partial charge in [0.25, 0.3) is 5.91 Å². The third-order valence-corrected chi connectivity index (χ3v) is 4.07. The van der Waals surface area contributed by atoms with Crippen LogP contribution in [0.25, 0.3) is 0 Å². The molecule has 2 aromatic carbocycles. The zero-order valence-electron chi connectivity index (χ0n) is 12.7. The fourth-order valence-corrected chi connectivity index (χ4v) is 2.74. The second-order valence-corrected chi connectivity index (χ2v) is 5.50. The monoisotopic (exact) mass is 310 g/mol. The zero-order valence-corrected chi connectivity index (χ0v) is 12.7. The third-order valence-electron chi connectivity index (χ3n) is 4.07. The van der Waals surface area contributed by atoms with Crippen molar-refractivity contribution in [1.82, 2.24) is 4.90 Å². The number of para-hydroxylation sites is 1. The lowest BCUT2D eigenvalue weighted by Crippen LogP contribution is -2.48. The van der Waals surface area contributed by atoms with Crippen molar-refractivity contribution >= 4 is 17.6 Å². The molecule has 0 bridgehead atoms. The van der Waals surface area contributed by atoms with Crippen LogP contribution in [0, 0.1) is 0 Å². The molecule has 0 saturated carbocycles. The van der Waals surface area contributed by atoms with E-state index < -0.39 is 5.97 Å². The summed E-state index contributed by atoms with van der Waals surface area (Å²) in [7, 11) is 0. The van der Waals surface area contributed by atoms with Crippen molar-refractivity contribution in [3.63, 3.8) is 0 Å². The van der Waals surface area contributed by atoms with Crippen LogP contribution in [0.5, 0.6) is 0 Å². The first kappa shape index (κ1) is 15.1. The highest BCUT2D eigenvalue weighted by Gasteiger charge is 2.22. The molecular formula is C18H18N2O3. The van der Waals surface area contributed by atoms with Gasteiger partial charge in [0, 0.05) is 37.4 Å². The average molecular weight is 310 g/mol. The second-order valence-electron chi connectivity index (χ2n) is 5.50. The Morgan fingerprint density at radius 3 is 1.91 bits per heavy atom. The minimum absolute atomic E-state index is 0.0466. The highest BCUT2D eigenvalue weighted by molar-refractivity contribution is 5.96. The highest BCUT2D eigenvalue weighted by atomic mass is 16.4. The number of piperazine rings is 1. The van der Waals surface area contributed by atoms with Crippen LogP contribution in [0.15, 0.2) is 54.6 Å². The molecule has 1 heterocycles. The van der Waals surface area contributed by atoms with Gasteiger partial charge >= 0.3 is 5.97 Å². The summed E-state index contributed by atoms with van der Waals surface area (Å²) in [4.78, 5) is 27.4. The Kier molecular flexibility index (Phi) is 4.28. The maximum absolute atomic E-state index is 12.5. The van der Waals surface area contributed by atoms with Gasteiger partial charge in [-0.15, -0.1) is 0 Å². The molecule has 1 aliphatic heterocycles. The highest BCUT2D eigenvalue weighted by Crippen LogP contribution is 2.17. The smallest absolute Gasteiger partial charge is 0.335 e. The number of anilines is 1. The first-order chi connectivity index (χ1) is 11.1. The summed E-state index contributed by atoms with van der Waals surface area (Å²) in [6.45, 7) is 2.91. The number of carbonyl (C=O) groups excluding carboxylic acids is 1. The normalized spacial score (nSPS) is 14.6. The topological polar surface area (TPSA) is 60.9 Å². The Labute approximate surface area is 134 Å². The van der Waals surface area contributed by atoms with E-state index in [2.05, 4.69) is 17.0 Å². The molecule has 1 saturated heterocycles. The molecule has 1 amide bonds. The summed E-state index contributed by atoms with van der Waals surface area (Å²) in [5, 5.41) is 8.90. The number of amides is 1. The molecule has 0 aliphatic carbocycles. The third kappa shape index (κ3) is 3.34. The van der Waals surface area contributed by atoms with Gasteiger partial charge < -0.3 is 14.9 Å². The molecule has 2 aromatic rings. The van der Waals surface area contributed by atoms with Crippen LogP contribution in [-0.4, -0.2) is 48.1 Å². The van der Waals surface area contributed by atoms with E-state index in [9.17, 15) is 9.59 Å². The number of carboxylic acid groups (broad SMARTS) is 1. The number of carbonyl (C=O) groups is 2. The van der Waals surface area contributed by atoms with Crippen molar-refractivity contribution in [2.45, 2.75) is 0 Å². The summed E-state index contributed by atoms with van der Waals surface area (Å²) in [6.07, 6.45) is 0. The van der Waals surface area contributed by atoms with Gasteiger partial charge in [-0.25, -0.2) is 4.79 Å². The van der Waals surface area contributed by atoms with Crippen LogP contribution in [-0.2, 0) is 0 Å². The molecule has 3 rings (SSSR count). The summed E-state index contributed by atoms with van der Waals surface area (Å²) >= 11 is 0. The number of rotatable bonds is 3. The summed E-state index contributed by atoms with van der Waals surface area (Å²) in [5.41, 5.74) is 1.89. The fraction of sp³-hybridized carbons (Fsp3) is 0.222. The van der Waals surface area contributed by atoms with Crippen LogP contribution >= 0.6 is 0 Å². The van der Waals surface area contributed by atoms with Crippen molar-refractivity contribution < 1.29 is 14.7 Å². The van der Waals surface area contributed by atoms with Crippen LogP contribution in [0.2, 0.25) is 0 Å². The molecule has 1 fully saturated rings. The maximum Gasteiger partial charge on any atom is 0.335 e. The Balaban J connectivity index is 1.63. The van der Waals surface area contributed by atoms with Gasteiger partial charge in [-0.2, -0.15) is 0 Å². The number of hydrogen-bond donors (Lipinski definition) is 1. The number of benzene rings is 2. The van der Waals surface area contributed by atoms with Gasteiger partial charge in [-0.3, -0.25) is 4.79 Å². The Morgan fingerprint density at radius 2 is 1.35 bits per heavy atom. The molecule has 0 spiro atoms. The lowest BCUT2D eigenvalue weighted by molar-refractivity contribution is 0.0693. The van der Waals surface area contributed by atoms with Gasteiger partial charge in [-0.1, -0.05) is 18.2 Å². The molecule has 23 heavy (non-hydrogen) atoms. The van der Waals surface area contributed by atoms with E-state index in [1.54, 1.807) is 12.1 Å². The fourth-order valence-electron chi connectivity index (χ4n) is 2.74. The molecule has 0 atom stereocenters. The van der Waals surface area contributed by atoms with Crippen molar-refractivity contribution in [2.75, 3.05) is 31.1 Å². The quantitative estimate of drug-likeness (QED) is 0.945. The van der Waals surface area contributed by atoms with E-state index >= 15 is 0 Å². The number of nitrogens with zero attached hydrogens (tertiary/aromatic N) is 2. The molecule has 118 valence electrons. The van der Waals surface area contributed by atoms with Crippen molar-refractivity contribution in [2.24, 2.45) is 0 Å². The van der Waals surface area contributed by atoms with Crippen LogP contribution in [0.4, 0.5) is 5.69 Å². The van der Waals surface area contributed by atoms with Crippen LogP contribution < -0.4 is 4.90 Å². The molecule has 1 N–H and O–H groups in total. The molecular weight excluding hydrogens is 292 g/mol. The van der Waals surface area contributed by atoms with E-state index in [0.29, 0.717) is 18.7 Å². The minimum Gasteiger partial charge on any atom is -0.478 e. The Morgan fingerprint density at radius 1 is 0.783 bits per heavy atom. The Hall–Kier alpha value is -2.82. The van der Waals surface area contributed by atoms with Crippen molar-refractivity contribution in [3.8, 4) is 0 Å². The van der Waals surface area contributed by atoms with Gasteiger partial charge in [0.05, 0.1) is 5.56 Å². The Bertz CT molecular complexity index is 690. The average Bonchev–Trinajstić information content (AvgIpc) is 2.62. The van der Waals surface area contributed by atoms with E-state index in [1.807, 2.05) is 23.1 Å². The molecule has 5 nitrogen and oxygen atoms in total. The van der Waals surface area contributed by atoms with Crippen LogP contribution in [0.1, 0.15) is 20.7 Å². The SMILES string of the molecule is O=C(O)c1ccc(C(=O)N2CCN(c3ccccc3)CC2)cc1. The van der Waals surface area contributed by atoms with Gasteiger partial charge in [0.2, 0.25) is 0 Å². The number of aromatic carboxylic acids is 1. The molecule has 5 heteroatoms.